The third-order valence-corrected chi connectivity index (χ3v) is 3.12. The van der Waals surface area contributed by atoms with Gasteiger partial charge in [0.2, 0.25) is 5.91 Å². The van der Waals surface area contributed by atoms with Crippen molar-refractivity contribution in [3.63, 3.8) is 0 Å². The molecular weight excluding hydrogens is 274 g/mol. The van der Waals surface area contributed by atoms with Crippen LogP contribution in [-0.2, 0) is 4.79 Å². The first-order valence-corrected chi connectivity index (χ1v) is 7.37. The van der Waals surface area contributed by atoms with E-state index >= 15 is 0 Å². The third kappa shape index (κ3) is 4.48. The Bertz CT molecular complexity index is 669. The molecule has 0 aromatic heterocycles. The molecule has 2 rings (SSSR count). The molecule has 0 saturated heterocycles. The summed E-state index contributed by atoms with van der Waals surface area (Å²) in [6.07, 6.45) is 3.29. The Hall–Kier alpha value is -2.55. The van der Waals surface area contributed by atoms with Crippen LogP contribution in [-0.4, -0.2) is 12.5 Å². The molecule has 1 N–H and O–H groups in total. The highest BCUT2D eigenvalue weighted by Gasteiger charge is 2.02. The minimum Gasteiger partial charge on any atom is -0.493 e. The van der Waals surface area contributed by atoms with Gasteiger partial charge in [-0.1, -0.05) is 24.3 Å². The Kier molecular flexibility index (Phi) is 5.37. The van der Waals surface area contributed by atoms with Crippen LogP contribution in [0.1, 0.15) is 23.6 Å². The van der Waals surface area contributed by atoms with Gasteiger partial charge >= 0.3 is 0 Å². The molecule has 2 aromatic rings. The topological polar surface area (TPSA) is 38.3 Å². The van der Waals surface area contributed by atoms with E-state index in [-0.39, 0.29) is 5.91 Å². The van der Waals surface area contributed by atoms with Crippen molar-refractivity contribution in [2.24, 2.45) is 0 Å². The molecule has 0 heterocycles. The van der Waals surface area contributed by atoms with E-state index in [2.05, 4.69) is 11.4 Å². The number of anilines is 1. The standard InChI is InChI=1S/C19H21NO2/c1-4-22-18-8-6-5-7-16(18)9-10-19(21)20-17-12-14(2)11-15(3)13-17/h5-13H,4H2,1-3H3,(H,20,21)/b10-9+. The summed E-state index contributed by atoms with van der Waals surface area (Å²) in [6, 6.07) is 13.6. The molecule has 0 saturated carbocycles. The molecule has 114 valence electrons. The first kappa shape index (κ1) is 15.8. The molecule has 1 amide bonds. The largest absolute Gasteiger partial charge is 0.493 e. The number of rotatable bonds is 5. The zero-order chi connectivity index (χ0) is 15.9. The second kappa shape index (κ2) is 7.46. The fourth-order valence-electron chi connectivity index (χ4n) is 2.30. The number of aryl methyl sites for hydroxylation is 2. The maximum Gasteiger partial charge on any atom is 0.248 e. The molecule has 0 aliphatic carbocycles. The van der Waals surface area contributed by atoms with Crippen LogP contribution in [0.3, 0.4) is 0 Å². The predicted molar refractivity (Wildman–Crippen MR) is 91.2 cm³/mol. The number of nitrogens with one attached hydrogen (secondary N) is 1. The lowest BCUT2D eigenvalue weighted by Crippen LogP contribution is -2.08. The maximum absolute atomic E-state index is 12.0. The van der Waals surface area contributed by atoms with Gasteiger partial charge in [-0.05, 0) is 56.2 Å². The van der Waals surface area contributed by atoms with Gasteiger partial charge in [0, 0.05) is 17.3 Å². The molecule has 0 spiro atoms. The Labute approximate surface area is 131 Å². The molecule has 2 aromatic carbocycles. The summed E-state index contributed by atoms with van der Waals surface area (Å²) < 4.78 is 5.54. The van der Waals surface area contributed by atoms with Crippen molar-refractivity contribution in [2.75, 3.05) is 11.9 Å². The summed E-state index contributed by atoms with van der Waals surface area (Å²) in [4.78, 5) is 12.0. The van der Waals surface area contributed by atoms with Crippen LogP contribution in [0.25, 0.3) is 6.08 Å². The van der Waals surface area contributed by atoms with E-state index in [0.717, 1.165) is 28.1 Å². The number of hydrogen-bond donors (Lipinski definition) is 1. The van der Waals surface area contributed by atoms with Crippen molar-refractivity contribution >= 4 is 17.7 Å². The lowest BCUT2D eigenvalue weighted by atomic mass is 10.1. The zero-order valence-corrected chi connectivity index (χ0v) is 13.2. The highest BCUT2D eigenvalue weighted by molar-refractivity contribution is 6.02. The van der Waals surface area contributed by atoms with Crippen molar-refractivity contribution in [3.05, 3.63) is 65.2 Å². The van der Waals surface area contributed by atoms with Crippen molar-refractivity contribution in [1.29, 1.82) is 0 Å². The normalized spacial score (nSPS) is 10.7. The van der Waals surface area contributed by atoms with Crippen molar-refractivity contribution < 1.29 is 9.53 Å². The van der Waals surface area contributed by atoms with Crippen molar-refractivity contribution in [2.45, 2.75) is 20.8 Å². The summed E-state index contributed by atoms with van der Waals surface area (Å²) >= 11 is 0. The monoisotopic (exact) mass is 295 g/mol. The zero-order valence-electron chi connectivity index (χ0n) is 13.2. The van der Waals surface area contributed by atoms with E-state index in [4.69, 9.17) is 4.74 Å². The number of amides is 1. The first-order valence-electron chi connectivity index (χ1n) is 7.37. The number of carbonyl (C=O) groups is 1. The van der Waals surface area contributed by atoms with E-state index in [0.29, 0.717) is 6.61 Å². The molecule has 22 heavy (non-hydrogen) atoms. The Balaban J connectivity index is 2.08. The molecule has 0 bridgehead atoms. The molecule has 0 aliphatic heterocycles. The van der Waals surface area contributed by atoms with Crippen LogP contribution >= 0.6 is 0 Å². The lowest BCUT2D eigenvalue weighted by molar-refractivity contribution is -0.111. The minimum atomic E-state index is -0.156. The van der Waals surface area contributed by atoms with Gasteiger partial charge in [-0.15, -0.1) is 0 Å². The van der Waals surface area contributed by atoms with Crippen LogP contribution in [0.2, 0.25) is 0 Å². The van der Waals surface area contributed by atoms with Crippen LogP contribution in [0.15, 0.2) is 48.5 Å². The van der Waals surface area contributed by atoms with Crippen molar-refractivity contribution in [3.8, 4) is 5.75 Å². The molecule has 0 fully saturated rings. The second-order valence-corrected chi connectivity index (χ2v) is 5.17. The highest BCUT2D eigenvalue weighted by atomic mass is 16.5. The van der Waals surface area contributed by atoms with E-state index in [1.165, 1.54) is 6.08 Å². The van der Waals surface area contributed by atoms with Gasteiger partial charge in [0.15, 0.2) is 0 Å². The van der Waals surface area contributed by atoms with E-state index in [9.17, 15) is 4.79 Å². The van der Waals surface area contributed by atoms with Gasteiger partial charge in [0.25, 0.3) is 0 Å². The van der Waals surface area contributed by atoms with Crippen molar-refractivity contribution in [1.82, 2.24) is 0 Å². The number of hydrogen-bond acceptors (Lipinski definition) is 2. The Morgan fingerprint density at radius 2 is 1.82 bits per heavy atom. The minimum absolute atomic E-state index is 0.156. The summed E-state index contributed by atoms with van der Waals surface area (Å²) in [5.74, 6) is 0.622. The van der Waals surface area contributed by atoms with E-state index in [1.54, 1.807) is 6.08 Å². The number of para-hydroxylation sites is 1. The number of carbonyl (C=O) groups excluding carboxylic acids is 1. The molecule has 3 heteroatoms. The van der Waals surface area contributed by atoms with E-state index in [1.807, 2.05) is 57.2 Å². The SMILES string of the molecule is CCOc1ccccc1/C=C/C(=O)Nc1cc(C)cc(C)c1. The van der Waals surface area contributed by atoms with Gasteiger partial charge < -0.3 is 10.1 Å². The average molecular weight is 295 g/mol. The van der Waals surface area contributed by atoms with Gasteiger partial charge in [0.1, 0.15) is 5.75 Å². The molecule has 0 aliphatic rings. The summed E-state index contributed by atoms with van der Waals surface area (Å²) in [5.41, 5.74) is 3.95. The highest BCUT2D eigenvalue weighted by Crippen LogP contribution is 2.19. The number of benzene rings is 2. The van der Waals surface area contributed by atoms with Crippen LogP contribution in [0, 0.1) is 13.8 Å². The third-order valence-electron chi connectivity index (χ3n) is 3.12. The maximum atomic E-state index is 12.0. The second-order valence-electron chi connectivity index (χ2n) is 5.17. The molecule has 0 unspecified atom stereocenters. The van der Waals surface area contributed by atoms with Gasteiger partial charge in [-0.3, -0.25) is 4.79 Å². The smallest absolute Gasteiger partial charge is 0.248 e. The lowest BCUT2D eigenvalue weighted by Gasteiger charge is -2.07. The molecule has 0 atom stereocenters. The van der Waals surface area contributed by atoms with Crippen LogP contribution in [0.4, 0.5) is 5.69 Å². The summed E-state index contributed by atoms with van der Waals surface area (Å²) in [6.45, 7) is 6.56. The van der Waals surface area contributed by atoms with Gasteiger partial charge in [-0.25, -0.2) is 0 Å². The molecular formula is C19H21NO2. The fourth-order valence-corrected chi connectivity index (χ4v) is 2.30. The average Bonchev–Trinajstić information content (AvgIpc) is 2.45. The number of ether oxygens (including phenoxy) is 1. The van der Waals surface area contributed by atoms with Gasteiger partial charge in [0.05, 0.1) is 6.61 Å². The summed E-state index contributed by atoms with van der Waals surface area (Å²) in [5, 5.41) is 2.88. The first-order chi connectivity index (χ1) is 10.6. The molecule has 0 radical (unpaired) electrons. The van der Waals surface area contributed by atoms with Crippen LogP contribution < -0.4 is 10.1 Å². The Morgan fingerprint density at radius 1 is 1.14 bits per heavy atom. The predicted octanol–water partition coefficient (Wildman–Crippen LogP) is 4.35. The quantitative estimate of drug-likeness (QED) is 0.833. The van der Waals surface area contributed by atoms with Crippen LogP contribution in [0.5, 0.6) is 5.75 Å². The van der Waals surface area contributed by atoms with Gasteiger partial charge in [-0.2, -0.15) is 0 Å². The Morgan fingerprint density at radius 3 is 2.50 bits per heavy atom. The summed E-state index contributed by atoms with van der Waals surface area (Å²) in [7, 11) is 0. The van der Waals surface area contributed by atoms with E-state index < -0.39 is 0 Å². The fraction of sp³-hybridized carbons (Fsp3) is 0.211. The molecule has 3 nitrogen and oxygen atoms in total.